The molecule has 1 amide bonds. The zero-order valence-corrected chi connectivity index (χ0v) is 18.7. The van der Waals surface area contributed by atoms with Crippen LogP contribution in [-0.4, -0.2) is 58.0 Å². The lowest BCUT2D eigenvalue weighted by molar-refractivity contribution is 0.0730. The number of benzene rings is 2. The van der Waals surface area contributed by atoms with E-state index in [1.807, 2.05) is 12.1 Å². The largest absolute Gasteiger partial charge is 0.379 e. The van der Waals surface area contributed by atoms with Gasteiger partial charge in [0.2, 0.25) is 10.0 Å². The van der Waals surface area contributed by atoms with Gasteiger partial charge >= 0.3 is 0 Å². The summed E-state index contributed by atoms with van der Waals surface area (Å²) >= 11 is 0. The minimum Gasteiger partial charge on any atom is -0.379 e. The highest BCUT2D eigenvalue weighted by molar-refractivity contribution is 7.89. The zero-order chi connectivity index (χ0) is 21.8. The van der Waals surface area contributed by atoms with E-state index >= 15 is 0 Å². The Bertz CT molecular complexity index is 1030. The molecule has 166 valence electrons. The molecular formula is C23H29N3O4S. The van der Waals surface area contributed by atoms with Crippen LogP contribution in [0.25, 0.3) is 0 Å². The van der Waals surface area contributed by atoms with E-state index in [2.05, 4.69) is 22.3 Å². The molecule has 0 radical (unpaired) electrons. The summed E-state index contributed by atoms with van der Waals surface area (Å²) in [6.07, 6.45) is 2.47. The molecule has 8 heteroatoms. The number of nitrogens with one attached hydrogen (secondary N) is 1. The molecule has 2 aliphatic rings. The first-order valence-electron chi connectivity index (χ1n) is 10.8. The molecular weight excluding hydrogens is 414 g/mol. The number of anilines is 1. The molecule has 31 heavy (non-hydrogen) atoms. The monoisotopic (exact) mass is 443 g/mol. The Morgan fingerprint density at radius 1 is 1.00 bits per heavy atom. The molecule has 2 aromatic rings. The molecule has 2 saturated heterocycles. The lowest BCUT2D eigenvalue weighted by atomic mass is 10.1. The standard InChI is InChI=1S/C23H29N3O4S/c1-18-4-7-20(16-22(18)31(28,29)26-12-14-30-15-13-26)23(27)24-17-19-5-8-21(9-6-19)25-10-2-3-11-25/h4-9,16H,2-3,10-15,17H2,1H3,(H,24,27). The van der Waals surface area contributed by atoms with Crippen LogP contribution in [0.5, 0.6) is 0 Å². The average Bonchev–Trinajstić information content (AvgIpc) is 3.33. The third-order valence-corrected chi connectivity index (χ3v) is 7.94. The molecule has 4 rings (SSSR count). The second-order valence-corrected chi connectivity index (χ2v) is 9.95. The smallest absolute Gasteiger partial charge is 0.251 e. The Labute approximate surface area is 184 Å². The molecule has 2 aliphatic heterocycles. The summed E-state index contributed by atoms with van der Waals surface area (Å²) in [4.78, 5) is 15.3. The highest BCUT2D eigenvalue weighted by Crippen LogP contribution is 2.23. The molecule has 0 atom stereocenters. The Hall–Kier alpha value is -2.42. The SMILES string of the molecule is Cc1ccc(C(=O)NCc2ccc(N3CCCC3)cc2)cc1S(=O)(=O)N1CCOCC1. The van der Waals surface area contributed by atoms with Crippen LogP contribution in [0.1, 0.15) is 34.3 Å². The first kappa shape index (κ1) is 21.8. The lowest BCUT2D eigenvalue weighted by Crippen LogP contribution is -2.41. The van der Waals surface area contributed by atoms with Crippen molar-refractivity contribution in [1.82, 2.24) is 9.62 Å². The number of sulfonamides is 1. The normalized spacial score (nSPS) is 17.6. The van der Waals surface area contributed by atoms with Crippen LogP contribution in [0.2, 0.25) is 0 Å². The van der Waals surface area contributed by atoms with Crippen LogP contribution < -0.4 is 10.2 Å². The molecule has 7 nitrogen and oxygen atoms in total. The highest BCUT2D eigenvalue weighted by Gasteiger charge is 2.28. The first-order valence-corrected chi connectivity index (χ1v) is 12.2. The van der Waals surface area contributed by atoms with E-state index in [1.54, 1.807) is 19.1 Å². The van der Waals surface area contributed by atoms with E-state index in [0.717, 1.165) is 18.7 Å². The Morgan fingerprint density at radius 2 is 1.68 bits per heavy atom. The van der Waals surface area contributed by atoms with Crippen LogP contribution in [-0.2, 0) is 21.3 Å². The molecule has 0 saturated carbocycles. The number of rotatable bonds is 6. The van der Waals surface area contributed by atoms with Gasteiger partial charge in [0.1, 0.15) is 0 Å². The number of aryl methyl sites for hydroxylation is 1. The second-order valence-electron chi connectivity index (χ2n) is 8.04. The van der Waals surface area contributed by atoms with Crippen molar-refractivity contribution >= 4 is 21.6 Å². The van der Waals surface area contributed by atoms with E-state index in [9.17, 15) is 13.2 Å². The van der Waals surface area contributed by atoms with Crippen molar-refractivity contribution in [2.24, 2.45) is 0 Å². The van der Waals surface area contributed by atoms with Gasteiger partial charge in [0.15, 0.2) is 0 Å². The minimum absolute atomic E-state index is 0.178. The van der Waals surface area contributed by atoms with Gasteiger partial charge in [-0.25, -0.2) is 8.42 Å². The van der Waals surface area contributed by atoms with Crippen molar-refractivity contribution in [3.05, 3.63) is 59.2 Å². The number of carbonyl (C=O) groups is 1. The van der Waals surface area contributed by atoms with E-state index in [0.29, 0.717) is 44.0 Å². The zero-order valence-electron chi connectivity index (χ0n) is 17.8. The number of hydrogen-bond acceptors (Lipinski definition) is 5. The first-order chi connectivity index (χ1) is 14.9. The maximum Gasteiger partial charge on any atom is 0.251 e. The molecule has 1 N–H and O–H groups in total. The molecule has 0 bridgehead atoms. The van der Waals surface area contributed by atoms with Crippen LogP contribution in [0, 0.1) is 6.92 Å². The van der Waals surface area contributed by atoms with Crippen molar-refractivity contribution in [2.45, 2.75) is 31.2 Å². The predicted molar refractivity (Wildman–Crippen MR) is 120 cm³/mol. The van der Waals surface area contributed by atoms with Crippen LogP contribution in [0.15, 0.2) is 47.4 Å². The molecule has 0 aliphatic carbocycles. The summed E-state index contributed by atoms with van der Waals surface area (Å²) in [6, 6.07) is 13.1. The van der Waals surface area contributed by atoms with Gasteiger partial charge in [-0.15, -0.1) is 0 Å². The summed E-state index contributed by atoms with van der Waals surface area (Å²) < 4.78 is 32.8. The predicted octanol–water partition coefficient (Wildman–Crippen LogP) is 2.55. The van der Waals surface area contributed by atoms with Crippen LogP contribution in [0.3, 0.4) is 0 Å². The Balaban J connectivity index is 1.43. The van der Waals surface area contributed by atoms with E-state index in [-0.39, 0.29) is 10.8 Å². The molecule has 2 fully saturated rings. The van der Waals surface area contributed by atoms with Crippen molar-refractivity contribution in [3.63, 3.8) is 0 Å². The third kappa shape index (κ3) is 4.92. The highest BCUT2D eigenvalue weighted by atomic mass is 32.2. The number of ether oxygens (including phenoxy) is 1. The average molecular weight is 444 g/mol. The van der Waals surface area contributed by atoms with Crippen LogP contribution >= 0.6 is 0 Å². The van der Waals surface area contributed by atoms with E-state index in [1.165, 1.54) is 28.9 Å². The van der Waals surface area contributed by atoms with E-state index in [4.69, 9.17) is 4.74 Å². The third-order valence-electron chi connectivity index (χ3n) is 5.90. The fourth-order valence-electron chi connectivity index (χ4n) is 4.03. The number of morpholine rings is 1. The van der Waals surface area contributed by atoms with Gasteiger partial charge < -0.3 is 15.0 Å². The Kier molecular flexibility index (Phi) is 6.60. The number of nitrogens with zero attached hydrogens (tertiary/aromatic N) is 2. The maximum atomic E-state index is 13.0. The fraction of sp³-hybridized carbons (Fsp3) is 0.435. The van der Waals surface area contributed by atoms with Crippen LogP contribution in [0.4, 0.5) is 5.69 Å². The quantitative estimate of drug-likeness (QED) is 0.742. The van der Waals surface area contributed by atoms with Gasteiger partial charge in [0.25, 0.3) is 5.91 Å². The molecule has 0 unspecified atom stereocenters. The summed E-state index contributed by atoms with van der Waals surface area (Å²) in [7, 11) is -3.66. The molecule has 2 heterocycles. The minimum atomic E-state index is -3.66. The summed E-state index contributed by atoms with van der Waals surface area (Å²) in [5.74, 6) is -0.290. The van der Waals surface area contributed by atoms with Gasteiger partial charge in [-0.1, -0.05) is 18.2 Å². The number of carbonyl (C=O) groups excluding carboxylic acids is 1. The van der Waals surface area contributed by atoms with Crippen molar-refractivity contribution < 1.29 is 17.9 Å². The van der Waals surface area contributed by atoms with Crippen molar-refractivity contribution in [1.29, 1.82) is 0 Å². The Morgan fingerprint density at radius 3 is 2.35 bits per heavy atom. The number of amides is 1. The van der Waals surface area contributed by atoms with E-state index < -0.39 is 10.0 Å². The van der Waals surface area contributed by atoms with Gasteiger partial charge in [0, 0.05) is 44.0 Å². The summed E-state index contributed by atoms with van der Waals surface area (Å²) in [5.41, 5.74) is 3.18. The lowest BCUT2D eigenvalue weighted by Gasteiger charge is -2.26. The van der Waals surface area contributed by atoms with Gasteiger partial charge in [-0.3, -0.25) is 4.79 Å². The molecule has 2 aromatic carbocycles. The van der Waals surface area contributed by atoms with Crippen molar-refractivity contribution in [2.75, 3.05) is 44.3 Å². The maximum absolute atomic E-state index is 13.0. The summed E-state index contributed by atoms with van der Waals surface area (Å²) in [6.45, 7) is 5.75. The van der Waals surface area contributed by atoms with Gasteiger partial charge in [-0.2, -0.15) is 4.31 Å². The van der Waals surface area contributed by atoms with Gasteiger partial charge in [0.05, 0.1) is 18.1 Å². The van der Waals surface area contributed by atoms with Gasteiger partial charge in [-0.05, 0) is 55.2 Å². The molecule has 0 aromatic heterocycles. The van der Waals surface area contributed by atoms with Crippen molar-refractivity contribution in [3.8, 4) is 0 Å². The molecule has 0 spiro atoms. The fourth-order valence-corrected chi connectivity index (χ4v) is 5.69. The summed E-state index contributed by atoms with van der Waals surface area (Å²) in [5, 5.41) is 2.90. The number of hydrogen-bond donors (Lipinski definition) is 1. The second kappa shape index (κ2) is 9.38. The topological polar surface area (TPSA) is 79.0 Å².